The van der Waals surface area contributed by atoms with Crippen LogP contribution in [0.15, 0.2) is 24.5 Å². The van der Waals surface area contributed by atoms with Crippen LogP contribution in [0.2, 0.25) is 5.28 Å². The summed E-state index contributed by atoms with van der Waals surface area (Å²) >= 11 is 5.59. The summed E-state index contributed by atoms with van der Waals surface area (Å²) in [6, 6.07) is 3.53. The summed E-state index contributed by atoms with van der Waals surface area (Å²) in [5.41, 5.74) is 0.885. The van der Waals surface area contributed by atoms with Crippen LogP contribution in [0.4, 0.5) is 10.2 Å². The van der Waals surface area contributed by atoms with E-state index in [2.05, 4.69) is 20.3 Å². The molecule has 0 aromatic carbocycles. The summed E-state index contributed by atoms with van der Waals surface area (Å²) in [5, 5.41) is 2.82. The van der Waals surface area contributed by atoms with Gasteiger partial charge in [-0.2, -0.15) is 4.98 Å². The maximum atomic E-state index is 13.3. The van der Waals surface area contributed by atoms with Gasteiger partial charge in [0.25, 0.3) is 0 Å². The highest BCUT2D eigenvalue weighted by Gasteiger charge is 2.05. The highest BCUT2D eigenvalue weighted by Crippen LogP contribution is 2.14. The van der Waals surface area contributed by atoms with Crippen molar-refractivity contribution < 1.29 is 9.13 Å². The lowest BCUT2D eigenvalue weighted by molar-refractivity contribution is 0.397. The van der Waals surface area contributed by atoms with Crippen LogP contribution in [0.1, 0.15) is 5.56 Å². The molecular formula is C11H10ClFN4O. The van der Waals surface area contributed by atoms with Crippen molar-refractivity contribution in [3.8, 4) is 5.88 Å². The summed E-state index contributed by atoms with van der Waals surface area (Å²) in [6.07, 6.45) is 2.63. The fraction of sp³-hybridized carbons (Fsp3) is 0.182. The molecule has 0 aliphatic carbocycles. The fourth-order valence-electron chi connectivity index (χ4n) is 1.33. The largest absolute Gasteiger partial charge is 0.481 e. The minimum absolute atomic E-state index is 0.00814. The lowest BCUT2D eigenvalue weighted by Gasteiger charge is -2.07. The molecule has 0 saturated carbocycles. The lowest BCUT2D eigenvalue weighted by atomic mass is 10.2. The second-order valence-electron chi connectivity index (χ2n) is 3.40. The van der Waals surface area contributed by atoms with Crippen LogP contribution in [0.5, 0.6) is 5.88 Å². The zero-order chi connectivity index (χ0) is 13.0. The van der Waals surface area contributed by atoms with E-state index in [0.717, 1.165) is 11.8 Å². The Morgan fingerprint density at radius 2 is 2.28 bits per heavy atom. The van der Waals surface area contributed by atoms with E-state index in [-0.39, 0.29) is 11.1 Å². The van der Waals surface area contributed by atoms with E-state index in [9.17, 15) is 4.39 Å². The first-order valence-corrected chi connectivity index (χ1v) is 5.47. The van der Waals surface area contributed by atoms with Gasteiger partial charge in [-0.3, -0.25) is 0 Å². The van der Waals surface area contributed by atoms with E-state index in [4.69, 9.17) is 16.3 Å². The second-order valence-corrected chi connectivity index (χ2v) is 3.73. The van der Waals surface area contributed by atoms with Crippen LogP contribution in [-0.4, -0.2) is 22.1 Å². The van der Waals surface area contributed by atoms with Gasteiger partial charge in [0, 0.05) is 18.8 Å². The Hall–Kier alpha value is -1.95. The Labute approximate surface area is 108 Å². The maximum absolute atomic E-state index is 13.3. The van der Waals surface area contributed by atoms with Crippen LogP contribution in [0.25, 0.3) is 0 Å². The first-order valence-electron chi connectivity index (χ1n) is 5.10. The number of rotatable bonds is 4. The number of nitrogens with one attached hydrogen (secondary N) is 1. The Morgan fingerprint density at radius 3 is 3.06 bits per heavy atom. The molecule has 94 valence electrons. The third kappa shape index (κ3) is 3.04. The molecule has 18 heavy (non-hydrogen) atoms. The van der Waals surface area contributed by atoms with Gasteiger partial charge in [0.05, 0.1) is 13.3 Å². The Kier molecular flexibility index (Phi) is 3.88. The lowest BCUT2D eigenvalue weighted by Crippen LogP contribution is -2.05. The Morgan fingerprint density at radius 1 is 1.44 bits per heavy atom. The highest BCUT2D eigenvalue weighted by atomic mass is 35.5. The third-order valence-electron chi connectivity index (χ3n) is 2.18. The zero-order valence-electron chi connectivity index (χ0n) is 9.52. The van der Waals surface area contributed by atoms with Gasteiger partial charge in [0.15, 0.2) is 11.6 Å². The molecular weight excluding hydrogens is 259 g/mol. The molecule has 0 fully saturated rings. The van der Waals surface area contributed by atoms with Gasteiger partial charge in [-0.05, 0) is 23.2 Å². The van der Waals surface area contributed by atoms with Crippen molar-refractivity contribution >= 4 is 17.4 Å². The van der Waals surface area contributed by atoms with Crippen LogP contribution < -0.4 is 10.1 Å². The summed E-state index contributed by atoms with van der Waals surface area (Å²) in [6.45, 7) is 0.378. The summed E-state index contributed by atoms with van der Waals surface area (Å²) in [5.74, 6) is 0.00157. The quantitative estimate of drug-likeness (QED) is 0.862. The predicted molar refractivity (Wildman–Crippen MR) is 65.1 cm³/mol. The molecule has 0 spiro atoms. The predicted octanol–water partition coefficient (Wildman–Crippen LogP) is 2.28. The standard InChI is InChI=1S/C11H10ClFN4O/c1-18-9-4-7(2-3-14-9)5-15-10-8(13)6-16-11(12)17-10/h2-4,6H,5H2,1H3,(H,15,16,17). The Bertz CT molecular complexity index is 552. The molecule has 7 heteroatoms. The van der Waals surface area contributed by atoms with Crippen molar-refractivity contribution in [1.82, 2.24) is 15.0 Å². The zero-order valence-corrected chi connectivity index (χ0v) is 10.3. The van der Waals surface area contributed by atoms with Crippen molar-refractivity contribution in [2.75, 3.05) is 12.4 Å². The van der Waals surface area contributed by atoms with Gasteiger partial charge >= 0.3 is 0 Å². The monoisotopic (exact) mass is 268 g/mol. The first kappa shape index (κ1) is 12.5. The Balaban J connectivity index is 2.08. The molecule has 2 rings (SSSR count). The minimum atomic E-state index is -0.555. The molecule has 0 saturated heterocycles. The van der Waals surface area contributed by atoms with Crippen molar-refractivity contribution in [2.45, 2.75) is 6.54 Å². The molecule has 2 heterocycles. The molecule has 5 nitrogen and oxygen atoms in total. The average Bonchev–Trinajstić information content (AvgIpc) is 2.40. The van der Waals surface area contributed by atoms with E-state index in [1.165, 1.54) is 7.11 Å². The maximum Gasteiger partial charge on any atom is 0.224 e. The van der Waals surface area contributed by atoms with Crippen LogP contribution >= 0.6 is 11.6 Å². The van der Waals surface area contributed by atoms with Crippen LogP contribution in [0, 0.1) is 5.82 Å². The van der Waals surface area contributed by atoms with Crippen molar-refractivity contribution in [1.29, 1.82) is 0 Å². The molecule has 0 bridgehead atoms. The molecule has 0 aliphatic rings. The number of anilines is 1. The summed E-state index contributed by atoms with van der Waals surface area (Å²) in [7, 11) is 1.53. The number of halogens is 2. The molecule has 0 unspecified atom stereocenters. The number of ether oxygens (including phenoxy) is 1. The van der Waals surface area contributed by atoms with Crippen molar-refractivity contribution in [3.63, 3.8) is 0 Å². The molecule has 2 aromatic heterocycles. The van der Waals surface area contributed by atoms with Gasteiger partial charge < -0.3 is 10.1 Å². The van der Waals surface area contributed by atoms with Gasteiger partial charge in [0.2, 0.25) is 11.2 Å². The van der Waals surface area contributed by atoms with Gasteiger partial charge in [-0.15, -0.1) is 0 Å². The average molecular weight is 269 g/mol. The van der Waals surface area contributed by atoms with E-state index in [1.54, 1.807) is 18.3 Å². The number of nitrogens with zero attached hydrogens (tertiary/aromatic N) is 3. The highest BCUT2D eigenvalue weighted by molar-refractivity contribution is 6.28. The number of pyridine rings is 1. The van der Waals surface area contributed by atoms with Crippen molar-refractivity contribution in [2.24, 2.45) is 0 Å². The number of hydrogen-bond acceptors (Lipinski definition) is 5. The molecule has 0 aliphatic heterocycles. The summed E-state index contributed by atoms with van der Waals surface area (Å²) < 4.78 is 18.3. The number of aromatic nitrogens is 3. The third-order valence-corrected chi connectivity index (χ3v) is 2.37. The molecule has 1 N–H and O–H groups in total. The van der Waals surface area contributed by atoms with Crippen molar-refractivity contribution in [3.05, 3.63) is 41.2 Å². The SMILES string of the molecule is COc1cc(CNc2nc(Cl)ncc2F)ccn1. The van der Waals surface area contributed by atoms with E-state index >= 15 is 0 Å². The topological polar surface area (TPSA) is 59.9 Å². The van der Waals surface area contributed by atoms with E-state index in [0.29, 0.717) is 12.4 Å². The first-order chi connectivity index (χ1) is 8.69. The molecule has 0 amide bonds. The van der Waals surface area contributed by atoms with Gasteiger partial charge in [-0.1, -0.05) is 0 Å². The van der Waals surface area contributed by atoms with Gasteiger partial charge in [-0.25, -0.2) is 14.4 Å². The fourth-order valence-corrected chi connectivity index (χ4v) is 1.46. The van der Waals surface area contributed by atoms with Crippen LogP contribution in [0.3, 0.4) is 0 Å². The minimum Gasteiger partial charge on any atom is -0.481 e. The smallest absolute Gasteiger partial charge is 0.224 e. The van der Waals surface area contributed by atoms with E-state index in [1.807, 2.05) is 0 Å². The summed E-state index contributed by atoms with van der Waals surface area (Å²) in [4.78, 5) is 11.3. The van der Waals surface area contributed by atoms with Gasteiger partial charge in [0.1, 0.15) is 0 Å². The van der Waals surface area contributed by atoms with E-state index < -0.39 is 5.82 Å². The second kappa shape index (κ2) is 5.59. The molecule has 0 radical (unpaired) electrons. The normalized spacial score (nSPS) is 10.2. The molecule has 0 atom stereocenters. The molecule has 2 aromatic rings. The number of hydrogen-bond donors (Lipinski definition) is 1. The van der Waals surface area contributed by atoms with Crippen LogP contribution in [-0.2, 0) is 6.54 Å². The number of methoxy groups -OCH3 is 1.